The molecule has 1 heterocycles. The SMILES string of the molecule is O=C(NC1CCN(S(=O)(=O)c2cc(C(F)(F)F)cc(C(F)(F)F)c2)CC1)C1CCCCC1. The van der Waals surface area contributed by atoms with Crippen LogP contribution in [0.25, 0.3) is 0 Å². The van der Waals surface area contributed by atoms with E-state index in [-0.39, 0.29) is 62.0 Å². The zero-order valence-electron chi connectivity index (χ0n) is 17.1. The van der Waals surface area contributed by atoms with E-state index in [4.69, 9.17) is 0 Å². The standard InChI is InChI=1S/C20H24F6N2O3S/c21-19(22,23)14-10-15(20(24,25)26)12-17(11-14)32(30,31)28-8-6-16(7-9-28)27-18(29)13-4-2-1-3-5-13/h10-13,16H,1-9H2,(H,27,29). The lowest BCUT2D eigenvalue weighted by molar-refractivity contribution is -0.143. The zero-order chi connectivity index (χ0) is 23.7. The maximum atomic E-state index is 13.1. The molecule has 1 aromatic rings. The lowest BCUT2D eigenvalue weighted by Gasteiger charge is -2.33. The fourth-order valence-electron chi connectivity index (χ4n) is 4.15. The highest BCUT2D eigenvalue weighted by atomic mass is 32.2. The molecule has 32 heavy (non-hydrogen) atoms. The van der Waals surface area contributed by atoms with Crippen LogP contribution in [-0.4, -0.2) is 37.8 Å². The van der Waals surface area contributed by atoms with E-state index in [1.165, 1.54) is 0 Å². The Balaban J connectivity index is 1.73. The van der Waals surface area contributed by atoms with E-state index in [2.05, 4.69) is 5.32 Å². The van der Waals surface area contributed by atoms with Crippen LogP contribution in [0.5, 0.6) is 0 Å². The Morgan fingerprint density at radius 2 is 1.34 bits per heavy atom. The van der Waals surface area contributed by atoms with Gasteiger partial charge in [-0.15, -0.1) is 0 Å². The van der Waals surface area contributed by atoms with Crippen LogP contribution >= 0.6 is 0 Å². The molecule has 2 aliphatic rings. The van der Waals surface area contributed by atoms with Crippen molar-refractivity contribution in [3.05, 3.63) is 29.3 Å². The van der Waals surface area contributed by atoms with Crippen molar-refractivity contribution in [1.29, 1.82) is 0 Å². The van der Waals surface area contributed by atoms with Crippen LogP contribution < -0.4 is 5.32 Å². The fourth-order valence-corrected chi connectivity index (χ4v) is 5.69. The molecule has 0 atom stereocenters. The molecule has 0 bridgehead atoms. The summed E-state index contributed by atoms with van der Waals surface area (Å²) in [7, 11) is -4.58. The van der Waals surface area contributed by atoms with Gasteiger partial charge < -0.3 is 5.32 Å². The third-order valence-corrected chi connectivity index (χ3v) is 7.85. The number of hydrogen-bond donors (Lipinski definition) is 1. The third kappa shape index (κ3) is 5.75. The third-order valence-electron chi connectivity index (χ3n) is 5.98. The summed E-state index contributed by atoms with van der Waals surface area (Å²) < 4.78 is 105. The van der Waals surface area contributed by atoms with Crippen LogP contribution in [0.3, 0.4) is 0 Å². The number of carbonyl (C=O) groups excluding carboxylic acids is 1. The van der Waals surface area contributed by atoms with E-state index in [0.717, 1.165) is 36.4 Å². The van der Waals surface area contributed by atoms with Crippen molar-refractivity contribution >= 4 is 15.9 Å². The van der Waals surface area contributed by atoms with Gasteiger partial charge in [0, 0.05) is 25.0 Å². The largest absolute Gasteiger partial charge is 0.416 e. The Hall–Kier alpha value is -1.82. The Morgan fingerprint density at radius 3 is 1.81 bits per heavy atom. The Bertz CT molecular complexity index is 899. The minimum absolute atomic E-state index is 0.0728. The molecular weight excluding hydrogens is 462 g/mol. The Morgan fingerprint density at radius 1 is 0.844 bits per heavy atom. The van der Waals surface area contributed by atoms with E-state index in [1.807, 2.05) is 0 Å². The maximum absolute atomic E-state index is 13.1. The van der Waals surface area contributed by atoms with Crippen LogP contribution in [0.2, 0.25) is 0 Å². The van der Waals surface area contributed by atoms with Crippen LogP contribution in [0.4, 0.5) is 26.3 Å². The predicted molar refractivity (Wildman–Crippen MR) is 103 cm³/mol. The molecule has 3 rings (SSSR count). The number of benzene rings is 1. The van der Waals surface area contributed by atoms with Crippen molar-refractivity contribution in [3.63, 3.8) is 0 Å². The highest BCUT2D eigenvalue weighted by Crippen LogP contribution is 2.38. The van der Waals surface area contributed by atoms with Crippen molar-refractivity contribution in [2.45, 2.75) is 68.2 Å². The molecular formula is C20H24F6N2O3S. The summed E-state index contributed by atoms with van der Waals surface area (Å²) >= 11 is 0. The van der Waals surface area contributed by atoms with Crippen LogP contribution in [-0.2, 0) is 27.2 Å². The molecule has 12 heteroatoms. The highest BCUT2D eigenvalue weighted by molar-refractivity contribution is 7.89. The van der Waals surface area contributed by atoms with Crippen molar-refractivity contribution < 1.29 is 39.6 Å². The summed E-state index contributed by atoms with van der Waals surface area (Å²) in [5.41, 5.74) is -3.36. The average Bonchev–Trinajstić information content (AvgIpc) is 2.73. The molecule has 180 valence electrons. The van der Waals surface area contributed by atoms with Gasteiger partial charge in [0.25, 0.3) is 0 Å². The molecule has 1 aliphatic carbocycles. The van der Waals surface area contributed by atoms with Crippen LogP contribution in [0.15, 0.2) is 23.1 Å². The van der Waals surface area contributed by atoms with E-state index >= 15 is 0 Å². The van der Waals surface area contributed by atoms with E-state index < -0.39 is 38.4 Å². The first-order valence-corrected chi connectivity index (χ1v) is 11.8. The molecule has 1 aromatic carbocycles. The van der Waals surface area contributed by atoms with Crippen LogP contribution in [0.1, 0.15) is 56.1 Å². The molecule has 0 aromatic heterocycles. The smallest absolute Gasteiger partial charge is 0.353 e. The molecule has 1 saturated carbocycles. The average molecular weight is 486 g/mol. The quantitative estimate of drug-likeness (QED) is 0.634. The van der Waals surface area contributed by atoms with Gasteiger partial charge in [0.05, 0.1) is 16.0 Å². The number of alkyl halides is 6. The second kappa shape index (κ2) is 9.20. The van der Waals surface area contributed by atoms with Gasteiger partial charge in [-0.2, -0.15) is 30.6 Å². The second-order valence-electron chi connectivity index (χ2n) is 8.26. The van der Waals surface area contributed by atoms with E-state index in [0.29, 0.717) is 0 Å². The van der Waals surface area contributed by atoms with Gasteiger partial charge in [-0.3, -0.25) is 4.79 Å². The molecule has 1 N–H and O–H groups in total. The van der Waals surface area contributed by atoms with Gasteiger partial charge >= 0.3 is 12.4 Å². The van der Waals surface area contributed by atoms with Crippen LogP contribution in [0, 0.1) is 5.92 Å². The molecule has 1 saturated heterocycles. The van der Waals surface area contributed by atoms with E-state index in [9.17, 15) is 39.6 Å². The number of nitrogens with one attached hydrogen (secondary N) is 1. The van der Waals surface area contributed by atoms with Crippen molar-refractivity contribution in [2.75, 3.05) is 13.1 Å². The lowest BCUT2D eigenvalue weighted by Crippen LogP contribution is -2.48. The summed E-state index contributed by atoms with van der Waals surface area (Å²) in [6.07, 6.45) is -5.18. The molecule has 1 amide bonds. The summed E-state index contributed by atoms with van der Waals surface area (Å²) in [6, 6.07) is 0.0536. The van der Waals surface area contributed by atoms with Gasteiger partial charge in [0.15, 0.2) is 0 Å². The first kappa shape index (κ1) is 24.8. The molecule has 0 spiro atoms. The number of halogens is 6. The van der Waals surface area contributed by atoms with E-state index in [1.54, 1.807) is 0 Å². The minimum atomic E-state index is -5.14. The predicted octanol–water partition coefficient (Wildman–Crippen LogP) is 4.57. The number of rotatable bonds is 4. The molecule has 1 aliphatic heterocycles. The van der Waals surface area contributed by atoms with Gasteiger partial charge in [-0.05, 0) is 43.9 Å². The number of sulfonamides is 1. The number of amides is 1. The molecule has 0 radical (unpaired) electrons. The van der Waals surface area contributed by atoms with Gasteiger partial charge in [0.1, 0.15) is 0 Å². The number of carbonyl (C=O) groups is 1. The highest BCUT2D eigenvalue weighted by Gasteiger charge is 2.40. The van der Waals surface area contributed by atoms with Gasteiger partial charge in [-0.1, -0.05) is 19.3 Å². The first-order valence-electron chi connectivity index (χ1n) is 10.4. The summed E-state index contributed by atoms with van der Waals surface area (Å²) in [5, 5.41) is 2.90. The topological polar surface area (TPSA) is 66.5 Å². The molecule has 2 fully saturated rings. The summed E-state index contributed by atoms with van der Waals surface area (Å²) in [4.78, 5) is 11.3. The van der Waals surface area contributed by atoms with Gasteiger partial charge in [0.2, 0.25) is 15.9 Å². The Labute approximate surface area is 182 Å². The van der Waals surface area contributed by atoms with Gasteiger partial charge in [-0.25, -0.2) is 8.42 Å². The molecule has 0 unspecified atom stereocenters. The summed E-state index contributed by atoms with van der Waals surface area (Å²) in [6.45, 7) is -0.231. The normalized spacial score (nSPS) is 20.3. The molecule has 5 nitrogen and oxygen atoms in total. The number of hydrogen-bond acceptors (Lipinski definition) is 3. The van der Waals surface area contributed by atoms with Crippen molar-refractivity contribution in [3.8, 4) is 0 Å². The number of nitrogens with zero attached hydrogens (tertiary/aromatic N) is 1. The number of piperidine rings is 1. The monoisotopic (exact) mass is 486 g/mol. The fraction of sp³-hybridized carbons (Fsp3) is 0.650. The maximum Gasteiger partial charge on any atom is 0.416 e. The van der Waals surface area contributed by atoms with Crippen molar-refractivity contribution in [2.24, 2.45) is 5.92 Å². The summed E-state index contributed by atoms with van der Waals surface area (Å²) in [5.74, 6) is -0.157. The minimum Gasteiger partial charge on any atom is -0.353 e. The Kier molecular flexibility index (Phi) is 7.14. The zero-order valence-corrected chi connectivity index (χ0v) is 17.9. The van der Waals surface area contributed by atoms with Crippen molar-refractivity contribution in [1.82, 2.24) is 9.62 Å². The second-order valence-corrected chi connectivity index (χ2v) is 10.2. The first-order chi connectivity index (χ1) is 14.8. The lowest BCUT2D eigenvalue weighted by atomic mass is 9.88.